The van der Waals surface area contributed by atoms with Gasteiger partial charge in [0.05, 0.1) is 0 Å². The number of carbonyl (C=O) groups is 2. The van der Waals surface area contributed by atoms with Crippen LogP contribution in [0, 0.1) is 0 Å². The topological polar surface area (TPSA) is 34.1 Å². The third-order valence-electron chi connectivity index (χ3n) is 6.10. The summed E-state index contributed by atoms with van der Waals surface area (Å²) in [6.07, 6.45) is 30.1. The molecule has 0 aliphatic carbocycles. The van der Waals surface area contributed by atoms with Crippen molar-refractivity contribution in [2.45, 2.75) is 168 Å². The molecule has 0 N–H and O–H groups in total. The normalized spacial score (nSPS) is 11.3. The average molecular weight is 618 g/mol. The standard InChI is InChI=1S/2C14H27O.Pt/c2*1-2-3-4-5-6-7-8-9-10-11-12-13-14-15;/h2*2-13H2,1H3;. The van der Waals surface area contributed by atoms with Crippen LogP contribution >= 0.6 is 0 Å². The first-order valence-corrected chi connectivity index (χ1v) is 16.1. The van der Waals surface area contributed by atoms with Crippen LogP contribution in [0.2, 0.25) is 0 Å². The maximum absolute atomic E-state index is 12.0. The molecule has 3 heteroatoms. The monoisotopic (exact) mass is 617 g/mol. The summed E-state index contributed by atoms with van der Waals surface area (Å²) in [6, 6.07) is 0. The Morgan fingerprint density at radius 3 is 0.871 bits per heavy atom. The first-order valence-electron chi connectivity index (χ1n) is 13.8. The number of rotatable bonds is 26. The van der Waals surface area contributed by atoms with Gasteiger partial charge >= 0.3 is 178 Å². The van der Waals surface area contributed by atoms with Gasteiger partial charge in [-0.15, -0.1) is 0 Å². The molecule has 0 aromatic heterocycles. The quantitative estimate of drug-likeness (QED) is 0.0906. The van der Waals surface area contributed by atoms with Crippen LogP contribution in [0.1, 0.15) is 168 Å². The van der Waals surface area contributed by atoms with Crippen LogP contribution in [-0.4, -0.2) is 8.35 Å². The molecule has 0 radical (unpaired) electrons. The Kier molecular flexibility index (Phi) is 26.3. The van der Waals surface area contributed by atoms with E-state index in [9.17, 15) is 9.59 Å². The fraction of sp³-hybridized carbons (Fsp3) is 0.929. The van der Waals surface area contributed by atoms with Gasteiger partial charge in [0.1, 0.15) is 0 Å². The summed E-state index contributed by atoms with van der Waals surface area (Å²) in [4.78, 5) is 24.1. The number of hydrogen-bond donors (Lipinski definition) is 0. The summed E-state index contributed by atoms with van der Waals surface area (Å²) in [5.41, 5.74) is 0. The summed E-state index contributed by atoms with van der Waals surface area (Å²) < 4.78 is 0.563. The number of hydrogen-bond acceptors (Lipinski definition) is 2. The Balaban J connectivity index is 3.31. The number of unbranched alkanes of at least 4 members (excludes halogenated alkanes) is 20. The van der Waals surface area contributed by atoms with Crippen molar-refractivity contribution in [1.29, 1.82) is 0 Å². The third kappa shape index (κ3) is 26.2. The second kappa shape index (κ2) is 26.3. The maximum atomic E-state index is 12.0. The molecule has 0 atom stereocenters. The van der Waals surface area contributed by atoms with Gasteiger partial charge in [-0.05, 0) is 0 Å². The fourth-order valence-electron chi connectivity index (χ4n) is 4.01. The third-order valence-corrected chi connectivity index (χ3v) is 8.50. The van der Waals surface area contributed by atoms with E-state index in [4.69, 9.17) is 0 Å². The van der Waals surface area contributed by atoms with Gasteiger partial charge in [-0.3, -0.25) is 0 Å². The van der Waals surface area contributed by atoms with Crippen LogP contribution in [0.15, 0.2) is 0 Å². The summed E-state index contributed by atoms with van der Waals surface area (Å²) in [7, 11) is 0. The van der Waals surface area contributed by atoms with Gasteiger partial charge < -0.3 is 0 Å². The van der Waals surface area contributed by atoms with Crippen molar-refractivity contribution in [2.75, 3.05) is 0 Å². The van der Waals surface area contributed by atoms with Crippen LogP contribution in [0.25, 0.3) is 0 Å². The van der Waals surface area contributed by atoms with E-state index >= 15 is 0 Å². The Hall–Kier alpha value is 0.0283. The van der Waals surface area contributed by atoms with Gasteiger partial charge in [0, 0.05) is 0 Å². The Morgan fingerprint density at radius 2 is 0.613 bits per heavy atom. The van der Waals surface area contributed by atoms with Crippen molar-refractivity contribution in [3.63, 3.8) is 0 Å². The molecule has 188 valence electrons. The van der Waals surface area contributed by atoms with Crippen molar-refractivity contribution in [1.82, 2.24) is 0 Å². The van der Waals surface area contributed by atoms with Crippen molar-refractivity contribution in [3.05, 3.63) is 0 Å². The van der Waals surface area contributed by atoms with Crippen LogP contribution in [0.4, 0.5) is 0 Å². The second-order valence-corrected chi connectivity index (χ2v) is 12.4. The van der Waals surface area contributed by atoms with Crippen molar-refractivity contribution in [2.24, 2.45) is 0 Å². The van der Waals surface area contributed by atoms with Gasteiger partial charge in [-0.25, -0.2) is 0 Å². The smallest absolute Gasteiger partial charge is 0.0654 e. The zero-order valence-corrected chi connectivity index (χ0v) is 23.4. The Bertz CT molecular complexity index is 358. The minimum atomic E-state index is -0.869. The van der Waals surface area contributed by atoms with Crippen molar-refractivity contribution in [3.8, 4) is 0 Å². The molecule has 0 aliphatic rings. The van der Waals surface area contributed by atoms with Crippen molar-refractivity contribution >= 4 is 8.35 Å². The SMILES string of the molecule is CCCCCCCCCCCCC[C](=O)[Pt][C](=O)CCCCCCCCCCCCC. The van der Waals surface area contributed by atoms with E-state index in [1.807, 2.05) is 0 Å². The fourth-order valence-corrected chi connectivity index (χ4v) is 6.09. The molecule has 0 spiro atoms. The van der Waals surface area contributed by atoms with Gasteiger partial charge in [0.2, 0.25) is 0 Å². The molecule has 2 nitrogen and oxygen atoms in total. The first kappa shape index (κ1) is 31.0. The number of carbonyl (C=O) groups excluding carboxylic acids is 2. The predicted molar refractivity (Wildman–Crippen MR) is 132 cm³/mol. The molecule has 0 saturated heterocycles. The summed E-state index contributed by atoms with van der Waals surface area (Å²) >= 11 is -0.869. The van der Waals surface area contributed by atoms with Crippen LogP contribution in [-0.2, 0) is 28.2 Å². The molecule has 0 aliphatic heterocycles. The molecule has 0 saturated carbocycles. The Morgan fingerprint density at radius 1 is 0.387 bits per heavy atom. The zero-order valence-electron chi connectivity index (χ0n) is 21.1. The van der Waals surface area contributed by atoms with Crippen LogP contribution in [0.5, 0.6) is 0 Å². The predicted octanol–water partition coefficient (Wildman–Crippen LogP) is 9.52. The van der Waals surface area contributed by atoms with E-state index in [1.54, 1.807) is 0 Å². The van der Waals surface area contributed by atoms with E-state index < -0.39 is 18.6 Å². The van der Waals surface area contributed by atoms with Crippen molar-refractivity contribution < 1.29 is 28.2 Å². The van der Waals surface area contributed by atoms with Gasteiger partial charge in [0.25, 0.3) is 0 Å². The van der Waals surface area contributed by atoms with E-state index in [0.29, 0.717) is 12.8 Å². The molecule has 0 bridgehead atoms. The van der Waals surface area contributed by atoms with E-state index in [1.165, 1.54) is 116 Å². The van der Waals surface area contributed by atoms with E-state index in [2.05, 4.69) is 13.8 Å². The average Bonchev–Trinajstić information content (AvgIpc) is 2.75. The molecule has 0 unspecified atom stereocenters. The van der Waals surface area contributed by atoms with Crippen LogP contribution < -0.4 is 0 Å². The minimum Gasteiger partial charge on any atom is -0.0654 e. The minimum absolute atomic E-state index is 0.281. The van der Waals surface area contributed by atoms with Crippen LogP contribution in [0.3, 0.4) is 0 Å². The molecule has 0 heterocycles. The molecule has 0 aromatic carbocycles. The van der Waals surface area contributed by atoms with E-state index in [0.717, 1.165) is 25.7 Å². The van der Waals surface area contributed by atoms with Gasteiger partial charge in [-0.1, -0.05) is 26.7 Å². The second-order valence-electron chi connectivity index (χ2n) is 9.29. The van der Waals surface area contributed by atoms with Gasteiger partial charge in [-0.2, -0.15) is 0 Å². The van der Waals surface area contributed by atoms with Gasteiger partial charge in [0.15, 0.2) is 0 Å². The summed E-state index contributed by atoms with van der Waals surface area (Å²) in [6.45, 7) is 4.53. The molecular formula is C28H54O2Pt. The zero-order chi connectivity index (χ0) is 22.8. The molecule has 0 aromatic rings. The molecule has 0 rings (SSSR count). The van der Waals surface area contributed by atoms with E-state index in [-0.39, 0.29) is 8.35 Å². The molecule has 0 amide bonds. The Labute approximate surface area is 204 Å². The molecule has 0 fully saturated rings. The molecule has 31 heavy (non-hydrogen) atoms. The summed E-state index contributed by atoms with van der Waals surface area (Å²) in [5.74, 6) is 0. The first-order chi connectivity index (χ1) is 15.2. The summed E-state index contributed by atoms with van der Waals surface area (Å²) in [5, 5.41) is 0. The molecular weight excluding hydrogens is 563 g/mol.